The molecule has 0 aliphatic heterocycles. The molecular weight excluding hydrogens is 436 g/mol. The highest BCUT2D eigenvalue weighted by molar-refractivity contribution is 5.96. The first kappa shape index (κ1) is 23.6. The lowest BCUT2D eigenvalue weighted by Gasteiger charge is -2.29. The number of carbonyl (C=O) groups excluding carboxylic acids is 2. The topological polar surface area (TPSA) is 86.9 Å². The Balaban J connectivity index is 1.25. The second kappa shape index (κ2) is 10.2. The van der Waals surface area contributed by atoms with E-state index in [4.69, 9.17) is 4.98 Å². The predicted molar refractivity (Wildman–Crippen MR) is 140 cm³/mol. The number of hydrogen-bond acceptors (Lipinski definition) is 3. The minimum Gasteiger partial charge on any atom is -0.349 e. The van der Waals surface area contributed by atoms with Gasteiger partial charge in [-0.25, -0.2) is 4.98 Å². The van der Waals surface area contributed by atoms with Gasteiger partial charge in [0.2, 0.25) is 5.91 Å². The number of carbonyl (C=O) groups is 2. The van der Waals surface area contributed by atoms with Crippen LogP contribution in [0.1, 0.15) is 75.6 Å². The van der Waals surface area contributed by atoms with Crippen LogP contribution >= 0.6 is 0 Å². The molecular formula is C29H36N4O2. The zero-order valence-corrected chi connectivity index (χ0v) is 20.8. The number of amides is 2. The smallest absolute Gasteiger partial charge is 0.251 e. The van der Waals surface area contributed by atoms with Crippen LogP contribution in [0.25, 0.3) is 22.4 Å². The maximum Gasteiger partial charge on any atom is 0.251 e. The Morgan fingerprint density at radius 3 is 2.40 bits per heavy atom. The highest BCUT2D eigenvalue weighted by Gasteiger charge is 2.25. The highest BCUT2D eigenvalue weighted by atomic mass is 16.2. The van der Waals surface area contributed by atoms with Gasteiger partial charge in [0.05, 0.1) is 11.0 Å². The van der Waals surface area contributed by atoms with Crippen molar-refractivity contribution in [2.75, 3.05) is 5.32 Å². The molecule has 2 saturated carbocycles. The van der Waals surface area contributed by atoms with Gasteiger partial charge in [0.15, 0.2) is 0 Å². The van der Waals surface area contributed by atoms with E-state index in [-0.39, 0.29) is 23.8 Å². The van der Waals surface area contributed by atoms with Crippen LogP contribution in [-0.4, -0.2) is 27.8 Å². The van der Waals surface area contributed by atoms with Crippen molar-refractivity contribution in [2.24, 2.45) is 17.8 Å². The van der Waals surface area contributed by atoms with E-state index in [1.165, 1.54) is 19.3 Å². The van der Waals surface area contributed by atoms with Gasteiger partial charge in [-0.05, 0) is 80.7 Å². The molecule has 0 saturated heterocycles. The van der Waals surface area contributed by atoms with E-state index in [1.54, 1.807) is 0 Å². The lowest BCUT2D eigenvalue weighted by Crippen LogP contribution is -2.41. The number of aromatic nitrogens is 2. The molecule has 35 heavy (non-hydrogen) atoms. The third-order valence-electron chi connectivity index (χ3n) is 7.98. The number of aromatic amines is 1. The maximum absolute atomic E-state index is 12.7. The molecule has 6 nitrogen and oxygen atoms in total. The minimum absolute atomic E-state index is 0.00675. The molecule has 6 heteroatoms. The molecule has 3 aromatic rings. The third-order valence-corrected chi connectivity index (χ3v) is 7.98. The molecule has 2 amide bonds. The first-order valence-electron chi connectivity index (χ1n) is 13.2. The fourth-order valence-corrected chi connectivity index (χ4v) is 5.55. The lowest BCUT2D eigenvalue weighted by molar-refractivity contribution is -0.121. The molecule has 5 rings (SSSR count). The van der Waals surface area contributed by atoms with Crippen LogP contribution in [-0.2, 0) is 4.79 Å². The molecule has 2 fully saturated rings. The van der Waals surface area contributed by atoms with Crippen LogP contribution in [0, 0.1) is 17.8 Å². The zero-order valence-electron chi connectivity index (χ0n) is 20.8. The van der Waals surface area contributed by atoms with E-state index >= 15 is 0 Å². The number of benzene rings is 2. The standard InChI is InChI=1S/C29H36N4O2/c1-18-7-9-21(10-8-18)28(34)30-23-15-16-25-26(17-23)32-27(31-25)20-11-13-22(14-12-20)29(35)33-24-6-4-3-5-19(24)2/h11-19,21,24H,3-10H2,1-2H3,(H,30,34)(H,31,32)(H,33,35). The summed E-state index contributed by atoms with van der Waals surface area (Å²) in [5.74, 6) is 2.22. The summed E-state index contributed by atoms with van der Waals surface area (Å²) >= 11 is 0. The maximum atomic E-state index is 12.7. The molecule has 1 heterocycles. The van der Waals surface area contributed by atoms with Gasteiger partial charge in [0.25, 0.3) is 5.91 Å². The summed E-state index contributed by atoms with van der Waals surface area (Å²) in [6.45, 7) is 4.49. The molecule has 184 valence electrons. The zero-order chi connectivity index (χ0) is 24.4. The van der Waals surface area contributed by atoms with Gasteiger partial charge < -0.3 is 15.6 Å². The van der Waals surface area contributed by atoms with Crippen LogP contribution in [0.2, 0.25) is 0 Å². The number of H-pyrrole nitrogens is 1. The monoisotopic (exact) mass is 472 g/mol. The van der Waals surface area contributed by atoms with Crippen molar-refractivity contribution in [1.82, 2.24) is 15.3 Å². The Hall–Kier alpha value is -3.15. The number of rotatable bonds is 5. The summed E-state index contributed by atoms with van der Waals surface area (Å²) in [6, 6.07) is 13.7. The van der Waals surface area contributed by atoms with Gasteiger partial charge in [-0.1, -0.05) is 38.8 Å². The van der Waals surface area contributed by atoms with Crippen molar-refractivity contribution in [1.29, 1.82) is 0 Å². The summed E-state index contributed by atoms with van der Waals surface area (Å²) in [4.78, 5) is 33.5. The van der Waals surface area contributed by atoms with Gasteiger partial charge in [-0.2, -0.15) is 0 Å². The van der Waals surface area contributed by atoms with Crippen molar-refractivity contribution in [3.63, 3.8) is 0 Å². The van der Waals surface area contributed by atoms with E-state index in [0.717, 1.165) is 66.1 Å². The Kier molecular flexibility index (Phi) is 6.89. The van der Waals surface area contributed by atoms with E-state index < -0.39 is 0 Å². The minimum atomic E-state index is -0.00675. The Morgan fingerprint density at radius 1 is 0.914 bits per heavy atom. The molecule has 2 unspecified atom stereocenters. The van der Waals surface area contributed by atoms with E-state index in [1.807, 2.05) is 42.5 Å². The number of anilines is 1. The molecule has 0 radical (unpaired) electrons. The molecule has 2 aromatic carbocycles. The van der Waals surface area contributed by atoms with Crippen LogP contribution in [0.4, 0.5) is 5.69 Å². The third kappa shape index (κ3) is 5.42. The number of fused-ring (bicyclic) bond motifs is 1. The van der Waals surface area contributed by atoms with Crippen LogP contribution in [0.3, 0.4) is 0 Å². The quantitative estimate of drug-likeness (QED) is 0.407. The molecule has 2 atom stereocenters. The van der Waals surface area contributed by atoms with Gasteiger partial charge in [0, 0.05) is 28.8 Å². The molecule has 2 aliphatic rings. The normalized spacial score (nSPS) is 24.7. The lowest BCUT2D eigenvalue weighted by atomic mass is 9.82. The first-order valence-corrected chi connectivity index (χ1v) is 13.2. The second-order valence-electron chi connectivity index (χ2n) is 10.7. The average molecular weight is 473 g/mol. The fourth-order valence-electron chi connectivity index (χ4n) is 5.55. The largest absolute Gasteiger partial charge is 0.349 e. The van der Waals surface area contributed by atoms with E-state index in [0.29, 0.717) is 11.5 Å². The molecule has 1 aromatic heterocycles. The Labute approximate surface area is 207 Å². The summed E-state index contributed by atoms with van der Waals surface area (Å²) < 4.78 is 0. The summed E-state index contributed by atoms with van der Waals surface area (Å²) in [7, 11) is 0. The van der Waals surface area contributed by atoms with Crippen molar-refractivity contribution in [3.8, 4) is 11.4 Å². The SMILES string of the molecule is CC1CCC(C(=O)Nc2ccc3nc(-c4ccc(C(=O)NC5CCCCC5C)cc4)[nH]c3c2)CC1. The van der Waals surface area contributed by atoms with Crippen molar-refractivity contribution in [3.05, 3.63) is 48.0 Å². The van der Waals surface area contributed by atoms with E-state index in [2.05, 4.69) is 29.5 Å². The molecule has 0 bridgehead atoms. The van der Waals surface area contributed by atoms with E-state index in [9.17, 15) is 9.59 Å². The number of nitrogens with zero attached hydrogens (tertiary/aromatic N) is 1. The summed E-state index contributed by atoms with van der Waals surface area (Å²) in [5.41, 5.74) is 4.11. The van der Waals surface area contributed by atoms with Crippen LogP contribution in [0.5, 0.6) is 0 Å². The Morgan fingerprint density at radius 2 is 1.66 bits per heavy atom. The number of nitrogens with one attached hydrogen (secondary N) is 3. The fraction of sp³-hybridized carbons (Fsp3) is 0.483. The predicted octanol–water partition coefficient (Wildman–Crippen LogP) is 6.30. The highest BCUT2D eigenvalue weighted by Crippen LogP contribution is 2.30. The number of hydrogen-bond donors (Lipinski definition) is 3. The second-order valence-corrected chi connectivity index (χ2v) is 10.7. The van der Waals surface area contributed by atoms with Crippen LogP contribution < -0.4 is 10.6 Å². The number of imidazole rings is 1. The summed E-state index contributed by atoms with van der Waals surface area (Å²) in [6.07, 6.45) is 8.88. The van der Waals surface area contributed by atoms with Gasteiger partial charge in [-0.3, -0.25) is 9.59 Å². The Bertz CT molecular complexity index is 1190. The first-order chi connectivity index (χ1) is 17.0. The molecule has 3 N–H and O–H groups in total. The van der Waals surface area contributed by atoms with Gasteiger partial charge >= 0.3 is 0 Å². The van der Waals surface area contributed by atoms with Gasteiger partial charge in [0.1, 0.15) is 5.82 Å². The molecule has 2 aliphatic carbocycles. The van der Waals surface area contributed by atoms with Crippen molar-refractivity contribution < 1.29 is 9.59 Å². The van der Waals surface area contributed by atoms with Gasteiger partial charge in [-0.15, -0.1) is 0 Å². The summed E-state index contributed by atoms with van der Waals surface area (Å²) in [5, 5.41) is 6.31. The average Bonchev–Trinajstić information content (AvgIpc) is 3.29. The molecule has 0 spiro atoms. The van der Waals surface area contributed by atoms with Crippen molar-refractivity contribution >= 4 is 28.5 Å². The van der Waals surface area contributed by atoms with Crippen molar-refractivity contribution in [2.45, 2.75) is 71.3 Å². The van der Waals surface area contributed by atoms with Crippen LogP contribution in [0.15, 0.2) is 42.5 Å².